The van der Waals surface area contributed by atoms with E-state index in [9.17, 15) is 4.79 Å². The number of ether oxygens (including phenoxy) is 1. The van der Waals surface area contributed by atoms with Crippen molar-refractivity contribution in [3.05, 3.63) is 57.0 Å². The summed E-state index contributed by atoms with van der Waals surface area (Å²) >= 11 is 6.20. The Hall–Kier alpha value is -1.58. The van der Waals surface area contributed by atoms with E-state index in [1.165, 1.54) is 0 Å². The van der Waals surface area contributed by atoms with Crippen molar-refractivity contribution in [2.24, 2.45) is 0 Å². The molecule has 1 aromatic heterocycles. The van der Waals surface area contributed by atoms with Gasteiger partial charge in [-0.15, -0.1) is 0 Å². The van der Waals surface area contributed by atoms with Gasteiger partial charge < -0.3 is 9.72 Å². The third-order valence-corrected chi connectivity index (χ3v) is 3.80. The summed E-state index contributed by atoms with van der Waals surface area (Å²) in [6, 6.07) is 8.03. The number of fused-ring (bicyclic) bond motifs is 3. The summed E-state index contributed by atoms with van der Waals surface area (Å²) < 4.78 is 5.78. The zero-order valence-electron chi connectivity index (χ0n) is 10.6. The molecule has 1 aliphatic heterocycles. The lowest BCUT2D eigenvalue weighted by Crippen LogP contribution is -2.18. The van der Waals surface area contributed by atoms with Crippen LogP contribution in [0.1, 0.15) is 18.1 Å². The fraction of sp³-hybridized carbons (Fsp3) is 0.267. The molecule has 0 radical (unpaired) electrons. The van der Waals surface area contributed by atoms with Crippen molar-refractivity contribution in [3.63, 3.8) is 0 Å². The summed E-state index contributed by atoms with van der Waals surface area (Å²) in [5.41, 5.74) is 3.65. The van der Waals surface area contributed by atoms with E-state index in [-0.39, 0.29) is 16.7 Å². The Bertz CT molecular complexity index is 678. The molecule has 1 aliphatic rings. The first-order valence-corrected chi connectivity index (χ1v) is 6.64. The number of benzene rings is 1. The predicted octanol–water partition coefficient (Wildman–Crippen LogP) is 3.16. The summed E-state index contributed by atoms with van der Waals surface area (Å²) in [4.78, 5) is 14.4. The van der Waals surface area contributed by atoms with Crippen molar-refractivity contribution in [1.29, 1.82) is 0 Å². The monoisotopic (exact) mass is 275 g/mol. The molecule has 0 fully saturated rings. The number of hydrogen-bond acceptors (Lipinski definition) is 2. The van der Waals surface area contributed by atoms with Crippen LogP contribution in [0.4, 0.5) is 0 Å². The van der Waals surface area contributed by atoms with E-state index in [0.29, 0.717) is 6.61 Å². The largest absolute Gasteiger partial charge is 0.373 e. The van der Waals surface area contributed by atoms with Gasteiger partial charge in [0, 0.05) is 17.3 Å². The third-order valence-electron chi connectivity index (χ3n) is 3.43. The normalized spacial score (nSPS) is 18.1. The second-order valence-electron chi connectivity index (χ2n) is 4.81. The lowest BCUT2D eigenvalue weighted by molar-refractivity contribution is 0.0528. The first-order valence-electron chi connectivity index (χ1n) is 6.26. The number of hydrogen-bond donors (Lipinski definition) is 1. The standard InChI is InChI=1S/C15H14ClNO2/c1-9-6-10-4-2-3-5-12(10)13-11(8-19-9)7-17-15(18)14(13)16/h2-5,7,9H,6,8H2,1H3,(H,17,18). The topological polar surface area (TPSA) is 42.1 Å². The number of aromatic nitrogens is 1. The van der Waals surface area contributed by atoms with Crippen molar-refractivity contribution in [2.45, 2.75) is 26.1 Å². The summed E-state index contributed by atoms with van der Waals surface area (Å²) in [7, 11) is 0. The van der Waals surface area contributed by atoms with Crippen LogP contribution in [0.15, 0.2) is 35.3 Å². The summed E-state index contributed by atoms with van der Waals surface area (Å²) in [6.07, 6.45) is 2.65. The molecule has 2 aromatic rings. The van der Waals surface area contributed by atoms with Gasteiger partial charge in [0.15, 0.2) is 0 Å². The minimum absolute atomic E-state index is 0.139. The van der Waals surface area contributed by atoms with Gasteiger partial charge in [0.05, 0.1) is 12.7 Å². The molecule has 98 valence electrons. The van der Waals surface area contributed by atoms with E-state index in [2.05, 4.69) is 18.0 Å². The SMILES string of the molecule is CC1Cc2ccccc2-c2c(c[nH]c(=O)c2Cl)CO1. The molecule has 0 bridgehead atoms. The van der Waals surface area contributed by atoms with Gasteiger partial charge in [0.25, 0.3) is 5.56 Å². The number of rotatable bonds is 0. The fourth-order valence-corrected chi connectivity index (χ4v) is 2.77. The average Bonchev–Trinajstić information content (AvgIpc) is 2.39. The van der Waals surface area contributed by atoms with Crippen molar-refractivity contribution >= 4 is 11.6 Å². The van der Waals surface area contributed by atoms with Gasteiger partial charge in [-0.25, -0.2) is 0 Å². The second-order valence-corrected chi connectivity index (χ2v) is 5.19. The fourth-order valence-electron chi connectivity index (χ4n) is 2.49. The summed E-state index contributed by atoms with van der Waals surface area (Å²) in [6.45, 7) is 2.51. The maximum absolute atomic E-state index is 11.7. The van der Waals surface area contributed by atoms with Gasteiger partial charge >= 0.3 is 0 Å². The first kappa shape index (κ1) is 12.5. The molecule has 0 saturated carbocycles. The number of halogens is 1. The molecule has 3 rings (SSSR count). The van der Waals surface area contributed by atoms with Crippen molar-refractivity contribution < 1.29 is 4.74 Å². The van der Waals surface area contributed by atoms with Crippen molar-refractivity contribution in [2.75, 3.05) is 0 Å². The molecule has 19 heavy (non-hydrogen) atoms. The van der Waals surface area contributed by atoms with E-state index in [1.807, 2.05) is 18.2 Å². The van der Waals surface area contributed by atoms with E-state index in [4.69, 9.17) is 16.3 Å². The molecule has 0 aliphatic carbocycles. The average molecular weight is 276 g/mol. The van der Waals surface area contributed by atoms with Gasteiger partial charge in [-0.3, -0.25) is 4.79 Å². The minimum Gasteiger partial charge on any atom is -0.373 e. The Morgan fingerprint density at radius 2 is 2.11 bits per heavy atom. The molecule has 0 amide bonds. The zero-order chi connectivity index (χ0) is 13.4. The van der Waals surface area contributed by atoms with Crippen LogP contribution in [0.3, 0.4) is 0 Å². The first-order chi connectivity index (χ1) is 9.16. The molecule has 1 aromatic carbocycles. The highest BCUT2D eigenvalue weighted by atomic mass is 35.5. The van der Waals surface area contributed by atoms with E-state index < -0.39 is 0 Å². The lowest BCUT2D eigenvalue weighted by Gasteiger charge is -2.22. The van der Waals surface area contributed by atoms with Crippen LogP contribution < -0.4 is 5.56 Å². The van der Waals surface area contributed by atoms with Gasteiger partial charge in [-0.05, 0) is 24.5 Å². The van der Waals surface area contributed by atoms with Crippen LogP contribution >= 0.6 is 11.6 Å². The highest BCUT2D eigenvalue weighted by Crippen LogP contribution is 2.34. The molecule has 0 saturated heterocycles. The van der Waals surface area contributed by atoms with Crippen molar-refractivity contribution in [3.8, 4) is 11.1 Å². The smallest absolute Gasteiger partial charge is 0.267 e. The molecular formula is C15H14ClNO2. The molecule has 1 atom stereocenters. The molecule has 0 spiro atoms. The van der Waals surface area contributed by atoms with Crippen molar-refractivity contribution in [1.82, 2.24) is 4.98 Å². The Morgan fingerprint density at radius 1 is 1.32 bits per heavy atom. The third kappa shape index (κ3) is 2.20. The Balaban J connectivity index is 2.32. The van der Waals surface area contributed by atoms with Gasteiger partial charge in [-0.2, -0.15) is 0 Å². The molecular weight excluding hydrogens is 262 g/mol. The number of nitrogens with one attached hydrogen (secondary N) is 1. The van der Waals surface area contributed by atoms with Crippen LogP contribution in [-0.4, -0.2) is 11.1 Å². The molecule has 4 heteroatoms. The van der Waals surface area contributed by atoms with Crippen LogP contribution in [0.2, 0.25) is 5.02 Å². The molecule has 3 nitrogen and oxygen atoms in total. The van der Waals surface area contributed by atoms with Gasteiger partial charge in [0.1, 0.15) is 5.02 Å². The molecule has 2 heterocycles. The highest BCUT2D eigenvalue weighted by Gasteiger charge is 2.20. The predicted molar refractivity (Wildman–Crippen MR) is 75.5 cm³/mol. The number of aromatic amines is 1. The maximum atomic E-state index is 11.7. The van der Waals surface area contributed by atoms with Crippen LogP contribution in [-0.2, 0) is 17.8 Å². The zero-order valence-corrected chi connectivity index (χ0v) is 11.3. The highest BCUT2D eigenvalue weighted by molar-refractivity contribution is 6.33. The lowest BCUT2D eigenvalue weighted by atomic mass is 9.93. The van der Waals surface area contributed by atoms with Gasteiger partial charge in [-0.1, -0.05) is 35.9 Å². The Morgan fingerprint density at radius 3 is 2.95 bits per heavy atom. The van der Waals surface area contributed by atoms with Crippen LogP contribution in [0.5, 0.6) is 0 Å². The van der Waals surface area contributed by atoms with E-state index in [0.717, 1.165) is 28.7 Å². The molecule has 1 unspecified atom stereocenters. The maximum Gasteiger partial charge on any atom is 0.267 e. The Kier molecular flexibility index (Phi) is 3.17. The second kappa shape index (κ2) is 4.83. The molecule has 1 N–H and O–H groups in total. The van der Waals surface area contributed by atoms with E-state index >= 15 is 0 Å². The van der Waals surface area contributed by atoms with Crippen LogP contribution in [0.25, 0.3) is 11.1 Å². The number of H-pyrrole nitrogens is 1. The van der Waals surface area contributed by atoms with Gasteiger partial charge in [0.2, 0.25) is 0 Å². The summed E-state index contributed by atoms with van der Waals surface area (Å²) in [5, 5.41) is 0.239. The summed E-state index contributed by atoms with van der Waals surface area (Å²) in [5.74, 6) is 0. The minimum atomic E-state index is -0.260. The quantitative estimate of drug-likeness (QED) is 0.802. The Labute approximate surface area is 116 Å². The van der Waals surface area contributed by atoms with E-state index in [1.54, 1.807) is 6.20 Å². The van der Waals surface area contributed by atoms with Crippen LogP contribution in [0, 0.1) is 0 Å². The number of pyridine rings is 1.